The van der Waals surface area contributed by atoms with Crippen LogP contribution in [0.2, 0.25) is 0 Å². The standard InChI is InChI=1S/C16H15NOS/c1-11-9-12-5-2-3-8-15(12)17(11)16(18)13-6-4-7-14(19)10-13/h2-8,10-11,19H,9H2,1H3. The molecule has 1 unspecified atom stereocenters. The second-order valence-corrected chi connectivity index (χ2v) is 5.42. The summed E-state index contributed by atoms with van der Waals surface area (Å²) in [5.41, 5.74) is 2.96. The van der Waals surface area contributed by atoms with E-state index in [1.807, 2.05) is 47.4 Å². The monoisotopic (exact) mass is 269 g/mol. The molecular formula is C16H15NOS. The average Bonchev–Trinajstić information content (AvgIpc) is 2.74. The average molecular weight is 269 g/mol. The molecule has 1 amide bonds. The number of hydrogen-bond donors (Lipinski definition) is 1. The van der Waals surface area contributed by atoms with Gasteiger partial charge in [-0.3, -0.25) is 4.79 Å². The van der Waals surface area contributed by atoms with Gasteiger partial charge < -0.3 is 4.90 Å². The van der Waals surface area contributed by atoms with Gasteiger partial charge in [0.25, 0.3) is 5.91 Å². The topological polar surface area (TPSA) is 20.3 Å². The number of anilines is 1. The van der Waals surface area contributed by atoms with Crippen LogP contribution in [0, 0.1) is 0 Å². The van der Waals surface area contributed by atoms with Crippen LogP contribution in [0.3, 0.4) is 0 Å². The van der Waals surface area contributed by atoms with Crippen LogP contribution in [0.15, 0.2) is 53.4 Å². The van der Waals surface area contributed by atoms with Crippen molar-refractivity contribution in [2.45, 2.75) is 24.3 Å². The van der Waals surface area contributed by atoms with Crippen molar-refractivity contribution in [1.29, 1.82) is 0 Å². The van der Waals surface area contributed by atoms with E-state index >= 15 is 0 Å². The fourth-order valence-corrected chi connectivity index (χ4v) is 2.88. The molecule has 3 rings (SSSR count). The van der Waals surface area contributed by atoms with E-state index in [-0.39, 0.29) is 11.9 Å². The fraction of sp³-hybridized carbons (Fsp3) is 0.188. The van der Waals surface area contributed by atoms with E-state index < -0.39 is 0 Å². The molecule has 0 radical (unpaired) electrons. The molecule has 2 aromatic rings. The molecule has 0 spiro atoms. The van der Waals surface area contributed by atoms with Gasteiger partial charge in [-0.2, -0.15) is 0 Å². The first kappa shape index (κ1) is 12.3. The summed E-state index contributed by atoms with van der Waals surface area (Å²) in [4.78, 5) is 15.4. The minimum atomic E-state index is 0.0494. The number of amides is 1. The Kier molecular flexibility index (Phi) is 3.07. The Hall–Kier alpha value is -1.74. The van der Waals surface area contributed by atoms with Crippen molar-refractivity contribution in [2.24, 2.45) is 0 Å². The third kappa shape index (κ3) is 2.15. The Bertz CT molecular complexity index is 638. The number of carbonyl (C=O) groups excluding carboxylic acids is 1. The zero-order valence-corrected chi connectivity index (χ0v) is 11.6. The normalized spacial score (nSPS) is 17.4. The van der Waals surface area contributed by atoms with Gasteiger partial charge in [0.2, 0.25) is 0 Å². The summed E-state index contributed by atoms with van der Waals surface area (Å²) in [7, 11) is 0. The van der Waals surface area contributed by atoms with Gasteiger partial charge in [-0.15, -0.1) is 12.6 Å². The number of nitrogens with zero attached hydrogens (tertiary/aromatic N) is 1. The first-order chi connectivity index (χ1) is 9.16. The van der Waals surface area contributed by atoms with Gasteiger partial charge >= 0.3 is 0 Å². The number of benzene rings is 2. The quantitative estimate of drug-likeness (QED) is 0.785. The second kappa shape index (κ2) is 4.74. The van der Waals surface area contributed by atoms with Crippen molar-refractivity contribution in [3.8, 4) is 0 Å². The zero-order valence-electron chi connectivity index (χ0n) is 10.7. The molecule has 0 N–H and O–H groups in total. The highest BCUT2D eigenvalue weighted by atomic mass is 32.1. The zero-order chi connectivity index (χ0) is 13.4. The minimum Gasteiger partial charge on any atom is -0.305 e. The highest BCUT2D eigenvalue weighted by molar-refractivity contribution is 7.80. The van der Waals surface area contributed by atoms with E-state index in [9.17, 15) is 4.79 Å². The summed E-state index contributed by atoms with van der Waals surface area (Å²) in [5.74, 6) is 0.0494. The molecule has 3 heteroatoms. The molecule has 96 valence electrons. The first-order valence-corrected chi connectivity index (χ1v) is 6.82. The van der Waals surface area contributed by atoms with E-state index in [1.165, 1.54) is 5.56 Å². The molecule has 0 aliphatic carbocycles. The third-order valence-electron chi connectivity index (χ3n) is 3.52. The van der Waals surface area contributed by atoms with Crippen LogP contribution in [0.1, 0.15) is 22.8 Å². The van der Waals surface area contributed by atoms with Crippen LogP contribution in [0.25, 0.3) is 0 Å². The third-order valence-corrected chi connectivity index (χ3v) is 3.80. The maximum atomic E-state index is 12.7. The summed E-state index contributed by atoms with van der Waals surface area (Å²) < 4.78 is 0. The van der Waals surface area contributed by atoms with Crippen molar-refractivity contribution >= 4 is 24.2 Å². The summed E-state index contributed by atoms with van der Waals surface area (Å²) in [6.07, 6.45) is 0.919. The Balaban J connectivity index is 2.01. The molecule has 1 aliphatic rings. The lowest BCUT2D eigenvalue weighted by Crippen LogP contribution is -2.35. The smallest absolute Gasteiger partial charge is 0.258 e. The van der Waals surface area contributed by atoms with Crippen LogP contribution in [-0.4, -0.2) is 11.9 Å². The maximum Gasteiger partial charge on any atom is 0.258 e. The van der Waals surface area contributed by atoms with Gasteiger partial charge in [0.05, 0.1) is 0 Å². The molecule has 1 aliphatic heterocycles. The van der Waals surface area contributed by atoms with Crippen molar-refractivity contribution < 1.29 is 4.79 Å². The Morgan fingerprint density at radius 1 is 1.21 bits per heavy atom. The highest BCUT2D eigenvalue weighted by Crippen LogP contribution is 2.33. The number of fused-ring (bicyclic) bond motifs is 1. The lowest BCUT2D eigenvalue weighted by Gasteiger charge is -2.22. The number of carbonyl (C=O) groups is 1. The summed E-state index contributed by atoms with van der Waals surface area (Å²) in [6.45, 7) is 2.09. The molecule has 2 nitrogen and oxygen atoms in total. The predicted octanol–water partition coefficient (Wildman–Crippen LogP) is 3.57. The predicted molar refractivity (Wildman–Crippen MR) is 80.1 cm³/mol. The number of thiol groups is 1. The van der Waals surface area contributed by atoms with Crippen LogP contribution in [-0.2, 0) is 6.42 Å². The van der Waals surface area contributed by atoms with Crippen molar-refractivity contribution in [1.82, 2.24) is 0 Å². The van der Waals surface area contributed by atoms with Crippen LogP contribution in [0.4, 0.5) is 5.69 Å². The molecule has 0 saturated heterocycles. The highest BCUT2D eigenvalue weighted by Gasteiger charge is 2.31. The molecule has 0 saturated carbocycles. The summed E-state index contributed by atoms with van der Waals surface area (Å²) in [5, 5.41) is 0. The lowest BCUT2D eigenvalue weighted by atomic mass is 10.1. The summed E-state index contributed by atoms with van der Waals surface area (Å²) >= 11 is 4.30. The number of rotatable bonds is 1. The van der Waals surface area contributed by atoms with E-state index in [4.69, 9.17) is 0 Å². The van der Waals surface area contributed by atoms with Gasteiger partial charge in [-0.1, -0.05) is 24.3 Å². The van der Waals surface area contributed by atoms with Crippen LogP contribution < -0.4 is 4.90 Å². The lowest BCUT2D eigenvalue weighted by molar-refractivity contribution is 0.0981. The van der Waals surface area contributed by atoms with E-state index in [0.29, 0.717) is 5.56 Å². The van der Waals surface area contributed by atoms with E-state index in [0.717, 1.165) is 17.0 Å². The molecule has 0 aromatic heterocycles. The Morgan fingerprint density at radius 2 is 2.00 bits per heavy atom. The number of para-hydroxylation sites is 1. The molecule has 0 bridgehead atoms. The number of hydrogen-bond acceptors (Lipinski definition) is 2. The second-order valence-electron chi connectivity index (χ2n) is 4.91. The van der Waals surface area contributed by atoms with Gasteiger partial charge in [0, 0.05) is 22.2 Å². The molecule has 1 atom stereocenters. The molecular weight excluding hydrogens is 254 g/mol. The van der Waals surface area contributed by atoms with E-state index in [1.54, 1.807) is 0 Å². The van der Waals surface area contributed by atoms with Crippen LogP contribution >= 0.6 is 12.6 Å². The maximum absolute atomic E-state index is 12.7. The summed E-state index contributed by atoms with van der Waals surface area (Å²) in [6, 6.07) is 15.7. The van der Waals surface area contributed by atoms with Crippen molar-refractivity contribution in [3.63, 3.8) is 0 Å². The van der Waals surface area contributed by atoms with Crippen molar-refractivity contribution in [3.05, 3.63) is 59.7 Å². The van der Waals surface area contributed by atoms with Gasteiger partial charge in [0.1, 0.15) is 0 Å². The molecule has 0 fully saturated rings. The Morgan fingerprint density at radius 3 is 2.79 bits per heavy atom. The molecule has 19 heavy (non-hydrogen) atoms. The van der Waals surface area contributed by atoms with Gasteiger partial charge in [-0.05, 0) is 43.2 Å². The largest absolute Gasteiger partial charge is 0.305 e. The van der Waals surface area contributed by atoms with E-state index in [2.05, 4.69) is 25.6 Å². The molecule has 2 aromatic carbocycles. The van der Waals surface area contributed by atoms with Gasteiger partial charge in [-0.25, -0.2) is 0 Å². The SMILES string of the molecule is CC1Cc2ccccc2N1C(=O)c1cccc(S)c1. The van der Waals surface area contributed by atoms with Crippen molar-refractivity contribution in [2.75, 3.05) is 4.90 Å². The minimum absolute atomic E-state index is 0.0494. The molecule has 1 heterocycles. The fourth-order valence-electron chi connectivity index (χ4n) is 2.65. The van der Waals surface area contributed by atoms with Crippen LogP contribution in [0.5, 0.6) is 0 Å². The Labute approximate surface area is 118 Å². The first-order valence-electron chi connectivity index (χ1n) is 6.37. The van der Waals surface area contributed by atoms with Gasteiger partial charge in [0.15, 0.2) is 0 Å².